The molecule has 0 spiro atoms. The Balaban J connectivity index is 2.56. The average Bonchev–Trinajstić information content (AvgIpc) is 2.32. The standard InChI is InChI=1S/C10H14BrNO2/c11-7-3-4-8-12-9(13)5-1-2-6-10(12)14/h3-4H,1-2,5-8H2/b4-3+. The van der Waals surface area contributed by atoms with Gasteiger partial charge in [-0.3, -0.25) is 14.5 Å². The van der Waals surface area contributed by atoms with Gasteiger partial charge in [-0.25, -0.2) is 0 Å². The fourth-order valence-electron chi connectivity index (χ4n) is 1.41. The number of carbonyl (C=O) groups is 2. The Kier molecular flexibility index (Phi) is 4.87. The smallest absolute Gasteiger partial charge is 0.229 e. The molecule has 78 valence electrons. The number of hydrogen-bond acceptors (Lipinski definition) is 2. The van der Waals surface area contributed by atoms with Gasteiger partial charge in [-0.05, 0) is 12.8 Å². The first kappa shape index (κ1) is 11.4. The van der Waals surface area contributed by atoms with E-state index in [9.17, 15) is 9.59 Å². The Hall–Kier alpha value is -0.640. The molecule has 4 heteroatoms. The highest BCUT2D eigenvalue weighted by molar-refractivity contribution is 9.09. The normalized spacial score (nSPS) is 19.1. The van der Waals surface area contributed by atoms with Gasteiger partial charge in [0.2, 0.25) is 11.8 Å². The number of hydrogen-bond donors (Lipinski definition) is 0. The molecule has 0 N–H and O–H groups in total. The highest BCUT2D eigenvalue weighted by atomic mass is 79.9. The van der Waals surface area contributed by atoms with E-state index >= 15 is 0 Å². The van der Waals surface area contributed by atoms with Crippen molar-refractivity contribution < 1.29 is 9.59 Å². The summed E-state index contributed by atoms with van der Waals surface area (Å²) < 4.78 is 0. The van der Waals surface area contributed by atoms with Crippen molar-refractivity contribution in [2.45, 2.75) is 25.7 Å². The van der Waals surface area contributed by atoms with E-state index in [1.54, 1.807) is 0 Å². The maximum absolute atomic E-state index is 11.5. The second kappa shape index (κ2) is 5.96. The van der Waals surface area contributed by atoms with E-state index < -0.39 is 0 Å². The maximum Gasteiger partial charge on any atom is 0.229 e. The summed E-state index contributed by atoms with van der Waals surface area (Å²) in [4.78, 5) is 24.3. The predicted molar refractivity (Wildman–Crippen MR) is 58.1 cm³/mol. The molecule has 0 unspecified atom stereocenters. The van der Waals surface area contributed by atoms with Gasteiger partial charge in [0.25, 0.3) is 0 Å². The van der Waals surface area contributed by atoms with Crippen LogP contribution in [0.3, 0.4) is 0 Å². The van der Waals surface area contributed by atoms with Crippen LogP contribution in [0.1, 0.15) is 25.7 Å². The number of halogens is 1. The zero-order chi connectivity index (χ0) is 10.4. The Morgan fingerprint density at radius 1 is 1.14 bits per heavy atom. The van der Waals surface area contributed by atoms with E-state index in [1.807, 2.05) is 12.2 Å². The third-order valence-corrected chi connectivity index (χ3v) is 2.55. The van der Waals surface area contributed by atoms with Crippen LogP contribution in [0.4, 0.5) is 0 Å². The van der Waals surface area contributed by atoms with Crippen molar-refractivity contribution in [3.63, 3.8) is 0 Å². The minimum atomic E-state index is -0.0354. The van der Waals surface area contributed by atoms with Crippen molar-refractivity contribution in [2.75, 3.05) is 11.9 Å². The minimum absolute atomic E-state index is 0.0354. The maximum atomic E-state index is 11.5. The van der Waals surface area contributed by atoms with Crippen molar-refractivity contribution in [2.24, 2.45) is 0 Å². The number of carbonyl (C=O) groups excluding carboxylic acids is 2. The van der Waals surface area contributed by atoms with Gasteiger partial charge in [0.15, 0.2) is 0 Å². The monoisotopic (exact) mass is 259 g/mol. The molecule has 1 aliphatic rings. The van der Waals surface area contributed by atoms with Crippen molar-refractivity contribution in [3.05, 3.63) is 12.2 Å². The van der Waals surface area contributed by atoms with Crippen LogP contribution in [-0.4, -0.2) is 28.6 Å². The number of imide groups is 1. The molecule has 1 heterocycles. The molecule has 0 bridgehead atoms. The van der Waals surface area contributed by atoms with Crippen LogP contribution in [0.5, 0.6) is 0 Å². The summed E-state index contributed by atoms with van der Waals surface area (Å²) in [5.41, 5.74) is 0. The molecule has 0 aliphatic carbocycles. The Morgan fingerprint density at radius 2 is 1.71 bits per heavy atom. The van der Waals surface area contributed by atoms with E-state index in [-0.39, 0.29) is 11.8 Å². The van der Waals surface area contributed by atoms with E-state index in [0.29, 0.717) is 19.4 Å². The zero-order valence-corrected chi connectivity index (χ0v) is 9.63. The molecular formula is C10H14BrNO2. The summed E-state index contributed by atoms with van der Waals surface area (Å²) in [5.74, 6) is -0.0709. The van der Waals surface area contributed by atoms with E-state index in [0.717, 1.165) is 18.2 Å². The van der Waals surface area contributed by atoms with Gasteiger partial charge in [-0.15, -0.1) is 0 Å². The number of rotatable bonds is 3. The molecule has 0 aromatic heterocycles. The molecule has 2 amide bonds. The summed E-state index contributed by atoms with van der Waals surface area (Å²) in [7, 11) is 0. The molecule has 0 aromatic rings. The lowest BCUT2D eigenvalue weighted by molar-refractivity contribution is -0.143. The molecule has 3 nitrogen and oxygen atoms in total. The number of alkyl halides is 1. The van der Waals surface area contributed by atoms with Crippen LogP contribution in [0.25, 0.3) is 0 Å². The van der Waals surface area contributed by atoms with Crippen molar-refractivity contribution in [1.29, 1.82) is 0 Å². The van der Waals surface area contributed by atoms with E-state index in [1.165, 1.54) is 4.90 Å². The lowest BCUT2D eigenvalue weighted by Crippen LogP contribution is -2.35. The molecule has 1 saturated heterocycles. The SMILES string of the molecule is O=C1CCCCC(=O)N1C/C=C/CBr. The molecule has 1 rings (SSSR count). The molecule has 0 radical (unpaired) electrons. The second-order valence-electron chi connectivity index (χ2n) is 3.23. The first-order valence-corrected chi connectivity index (χ1v) is 5.92. The molecule has 14 heavy (non-hydrogen) atoms. The fraction of sp³-hybridized carbons (Fsp3) is 0.600. The van der Waals surface area contributed by atoms with Gasteiger partial charge in [-0.2, -0.15) is 0 Å². The van der Waals surface area contributed by atoms with Crippen molar-refractivity contribution in [1.82, 2.24) is 4.90 Å². The summed E-state index contributed by atoms with van der Waals surface area (Å²) >= 11 is 3.24. The predicted octanol–water partition coefficient (Wildman–Crippen LogP) is 1.87. The molecule has 0 saturated carbocycles. The van der Waals surface area contributed by atoms with Crippen LogP contribution >= 0.6 is 15.9 Å². The fourth-order valence-corrected chi connectivity index (χ4v) is 1.67. The summed E-state index contributed by atoms with van der Waals surface area (Å²) in [6.07, 6.45) is 6.43. The number of nitrogens with zero attached hydrogens (tertiary/aromatic N) is 1. The highest BCUT2D eigenvalue weighted by Gasteiger charge is 2.22. The van der Waals surface area contributed by atoms with Crippen molar-refractivity contribution >= 4 is 27.7 Å². The van der Waals surface area contributed by atoms with E-state index in [2.05, 4.69) is 15.9 Å². The van der Waals surface area contributed by atoms with Crippen LogP contribution in [0.2, 0.25) is 0 Å². The third-order valence-electron chi connectivity index (χ3n) is 2.18. The Labute approximate surface area is 92.3 Å². The van der Waals surface area contributed by atoms with Crippen LogP contribution in [-0.2, 0) is 9.59 Å². The van der Waals surface area contributed by atoms with E-state index in [4.69, 9.17) is 0 Å². The van der Waals surface area contributed by atoms with Crippen LogP contribution < -0.4 is 0 Å². The van der Waals surface area contributed by atoms with Gasteiger partial charge in [-0.1, -0.05) is 28.1 Å². The summed E-state index contributed by atoms with van der Waals surface area (Å²) in [5, 5.41) is 0.753. The molecule has 1 fully saturated rings. The van der Waals surface area contributed by atoms with Crippen LogP contribution in [0, 0.1) is 0 Å². The Bertz CT molecular complexity index is 233. The minimum Gasteiger partial charge on any atom is -0.279 e. The lowest BCUT2D eigenvalue weighted by Gasteiger charge is -2.15. The van der Waals surface area contributed by atoms with Gasteiger partial charge < -0.3 is 0 Å². The first-order chi connectivity index (χ1) is 6.75. The van der Waals surface area contributed by atoms with Gasteiger partial charge in [0.05, 0.1) is 0 Å². The Morgan fingerprint density at radius 3 is 2.21 bits per heavy atom. The summed E-state index contributed by atoms with van der Waals surface area (Å²) in [6.45, 7) is 0.420. The lowest BCUT2D eigenvalue weighted by atomic mass is 10.2. The molecular weight excluding hydrogens is 246 g/mol. The number of allylic oxidation sites excluding steroid dienone is 1. The average molecular weight is 260 g/mol. The second-order valence-corrected chi connectivity index (χ2v) is 3.88. The zero-order valence-electron chi connectivity index (χ0n) is 8.04. The molecule has 0 aromatic carbocycles. The quantitative estimate of drug-likeness (QED) is 0.441. The van der Waals surface area contributed by atoms with Gasteiger partial charge in [0, 0.05) is 24.7 Å². The highest BCUT2D eigenvalue weighted by Crippen LogP contribution is 2.12. The summed E-state index contributed by atoms with van der Waals surface area (Å²) in [6, 6.07) is 0. The topological polar surface area (TPSA) is 37.4 Å². The van der Waals surface area contributed by atoms with Crippen LogP contribution in [0.15, 0.2) is 12.2 Å². The third kappa shape index (κ3) is 3.25. The number of amides is 2. The van der Waals surface area contributed by atoms with Crippen molar-refractivity contribution in [3.8, 4) is 0 Å². The molecule has 1 aliphatic heterocycles. The van der Waals surface area contributed by atoms with Gasteiger partial charge in [0.1, 0.15) is 0 Å². The number of likely N-dealkylation sites (tertiary alicyclic amines) is 1. The first-order valence-electron chi connectivity index (χ1n) is 4.80. The van der Waals surface area contributed by atoms with Gasteiger partial charge >= 0.3 is 0 Å². The molecule has 0 atom stereocenters. The largest absolute Gasteiger partial charge is 0.279 e.